The number of likely N-dealkylation sites (tertiary alicyclic amines) is 1. The third kappa shape index (κ3) is 9.45. The van der Waals surface area contributed by atoms with Crippen LogP contribution in [0, 0.1) is 5.92 Å². The van der Waals surface area contributed by atoms with Crippen LogP contribution in [0.2, 0.25) is 0 Å². The monoisotopic (exact) mass is 450 g/mol. The predicted octanol–water partition coefficient (Wildman–Crippen LogP) is 1.92. The van der Waals surface area contributed by atoms with Crippen molar-refractivity contribution < 1.29 is 9.59 Å². The molecule has 2 fully saturated rings. The van der Waals surface area contributed by atoms with Crippen molar-refractivity contribution >= 4 is 18.2 Å². The van der Waals surface area contributed by atoms with E-state index < -0.39 is 0 Å². The SMILES string of the molecule is CN[C@H](CC1CCCCCCCC1)C(=O)N1CCC[C@H]1CN[C@H](C=O)CCCN=C(N)N. The number of nitrogens with one attached hydrogen (secondary N) is 2. The molecular formula is C24H46N6O2. The molecule has 1 aliphatic heterocycles. The van der Waals surface area contributed by atoms with Gasteiger partial charge in [-0.05, 0) is 45.1 Å². The molecule has 0 aromatic rings. The summed E-state index contributed by atoms with van der Waals surface area (Å²) >= 11 is 0. The minimum Gasteiger partial charge on any atom is -0.370 e. The minimum atomic E-state index is -0.235. The van der Waals surface area contributed by atoms with Gasteiger partial charge in [-0.25, -0.2) is 0 Å². The summed E-state index contributed by atoms with van der Waals surface area (Å²) in [6.07, 6.45) is 15.8. The number of likely N-dealkylation sites (N-methyl/N-ethyl adjacent to an activating group) is 1. The molecule has 0 spiro atoms. The molecule has 0 radical (unpaired) electrons. The van der Waals surface area contributed by atoms with E-state index in [1.54, 1.807) is 0 Å². The second-order valence-corrected chi connectivity index (χ2v) is 9.57. The van der Waals surface area contributed by atoms with Gasteiger partial charge in [0.25, 0.3) is 0 Å². The highest BCUT2D eigenvalue weighted by Crippen LogP contribution is 2.27. The maximum atomic E-state index is 13.4. The van der Waals surface area contributed by atoms with Gasteiger partial charge in [0.1, 0.15) is 6.29 Å². The average Bonchev–Trinajstić information content (AvgIpc) is 3.29. The Bertz CT molecular complexity index is 571. The van der Waals surface area contributed by atoms with Crippen molar-refractivity contribution in [3.05, 3.63) is 0 Å². The van der Waals surface area contributed by atoms with Gasteiger partial charge in [-0.2, -0.15) is 0 Å². The van der Waals surface area contributed by atoms with Crippen molar-refractivity contribution in [1.82, 2.24) is 15.5 Å². The molecule has 184 valence electrons. The van der Waals surface area contributed by atoms with Gasteiger partial charge in [0.15, 0.2) is 5.96 Å². The number of rotatable bonds is 12. The Kier molecular flexibility index (Phi) is 12.6. The largest absolute Gasteiger partial charge is 0.370 e. The molecule has 32 heavy (non-hydrogen) atoms. The number of carbonyl (C=O) groups excluding carboxylic acids is 2. The first-order chi connectivity index (χ1) is 15.5. The van der Waals surface area contributed by atoms with E-state index >= 15 is 0 Å². The van der Waals surface area contributed by atoms with E-state index in [0.717, 1.165) is 38.5 Å². The van der Waals surface area contributed by atoms with E-state index in [0.29, 0.717) is 25.4 Å². The molecule has 3 atom stereocenters. The summed E-state index contributed by atoms with van der Waals surface area (Å²) in [5, 5.41) is 6.67. The molecule has 2 rings (SSSR count). The third-order valence-electron chi connectivity index (χ3n) is 7.10. The highest BCUT2D eigenvalue weighted by Gasteiger charge is 2.33. The first kappa shape index (κ1) is 26.6. The minimum absolute atomic E-state index is 0.0785. The van der Waals surface area contributed by atoms with Crippen LogP contribution < -0.4 is 22.1 Å². The lowest BCUT2D eigenvalue weighted by Gasteiger charge is -2.31. The number of nitrogens with zero attached hydrogens (tertiary/aromatic N) is 2. The topological polar surface area (TPSA) is 126 Å². The van der Waals surface area contributed by atoms with Crippen molar-refractivity contribution in [1.29, 1.82) is 0 Å². The molecule has 1 heterocycles. The van der Waals surface area contributed by atoms with Crippen molar-refractivity contribution in [3.63, 3.8) is 0 Å². The number of hydrogen-bond donors (Lipinski definition) is 4. The average molecular weight is 451 g/mol. The fourth-order valence-corrected chi connectivity index (χ4v) is 5.19. The molecule has 1 saturated carbocycles. The van der Waals surface area contributed by atoms with E-state index in [1.165, 1.54) is 51.4 Å². The summed E-state index contributed by atoms with van der Waals surface area (Å²) in [7, 11) is 1.92. The number of amides is 1. The van der Waals surface area contributed by atoms with Gasteiger partial charge in [-0.1, -0.05) is 51.4 Å². The Hall–Kier alpha value is -1.67. The Morgan fingerprint density at radius 1 is 1.09 bits per heavy atom. The van der Waals surface area contributed by atoms with Gasteiger partial charge in [0, 0.05) is 25.7 Å². The van der Waals surface area contributed by atoms with E-state index in [-0.39, 0.29) is 30.0 Å². The van der Waals surface area contributed by atoms with Crippen LogP contribution in [-0.4, -0.2) is 67.9 Å². The molecule has 1 aliphatic carbocycles. The summed E-state index contributed by atoms with van der Waals surface area (Å²) in [5.74, 6) is 0.945. The standard InChI is InChI=1S/C24H46N6O2/c1-27-22(16-19-10-6-4-2-3-5-7-11-19)23(32)30-15-9-13-21(30)17-29-20(18-31)12-8-14-28-24(25)26/h18-22,27,29H,2-17H2,1H3,(H4,25,26,28)/t20-,21-,22+/m0/s1. The second kappa shape index (κ2) is 15.2. The Labute approximate surface area is 194 Å². The number of aliphatic imine (C=N–C) groups is 1. The van der Waals surface area contributed by atoms with Crippen LogP contribution in [0.3, 0.4) is 0 Å². The smallest absolute Gasteiger partial charge is 0.239 e. The summed E-state index contributed by atoms with van der Waals surface area (Å²) < 4.78 is 0. The zero-order valence-corrected chi connectivity index (χ0v) is 20.1. The lowest BCUT2D eigenvalue weighted by Crippen LogP contribution is -2.51. The van der Waals surface area contributed by atoms with E-state index in [2.05, 4.69) is 15.6 Å². The summed E-state index contributed by atoms with van der Waals surface area (Å²) in [6.45, 7) is 1.98. The lowest BCUT2D eigenvalue weighted by molar-refractivity contribution is -0.134. The quantitative estimate of drug-likeness (QED) is 0.156. The van der Waals surface area contributed by atoms with E-state index in [1.807, 2.05) is 11.9 Å². The third-order valence-corrected chi connectivity index (χ3v) is 7.10. The number of nitrogens with two attached hydrogens (primary N) is 2. The Morgan fingerprint density at radius 2 is 1.78 bits per heavy atom. The van der Waals surface area contributed by atoms with Crippen LogP contribution >= 0.6 is 0 Å². The summed E-state index contributed by atoms with van der Waals surface area (Å²) in [4.78, 5) is 30.9. The molecular weight excluding hydrogens is 404 g/mol. The van der Waals surface area contributed by atoms with Crippen LogP contribution in [-0.2, 0) is 9.59 Å². The zero-order valence-electron chi connectivity index (χ0n) is 20.1. The molecule has 0 aromatic heterocycles. The fraction of sp³-hybridized carbons (Fsp3) is 0.875. The number of aldehydes is 1. The van der Waals surface area contributed by atoms with Crippen LogP contribution in [0.5, 0.6) is 0 Å². The number of carbonyl (C=O) groups is 2. The van der Waals surface area contributed by atoms with Crippen LogP contribution in [0.1, 0.15) is 83.5 Å². The van der Waals surface area contributed by atoms with Gasteiger partial charge >= 0.3 is 0 Å². The highest BCUT2D eigenvalue weighted by atomic mass is 16.2. The van der Waals surface area contributed by atoms with Crippen molar-refractivity contribution in [2.24, 2.45) is 22.4 Å². The van der Waals surface area contributed by atoms with Crippen LogP contribution in [0.15, 0.2) is 4.99 Å². The molecule has 1 amide bonds. The molecule has 6 N–H and O–H groups in total. The maximum absolute atomic E-state index is 13.4. The van der Waals surface area contributed by atoms with Crippen molar-refractivity contribution in [2.45, 2.75) is 102 Å². The van der Waals surface area contributed by atoms with Gasteiger partial charge < -0.3 is 31.8 Å². The number of guanidine groups is 1. The fourth-order valence-electron chi connectivity index (χ4n) is 5.19. The molecule has 0 unspecified atom stereocenters. The molecule has 8 nitrogen and oxygen atoms in total. The molecule has 2 aliphatic rings. The van der Waals surface area contributed by atoms with Crippen molar-refractivity contribution in [3.8, 4) is 0 Å². The number of hydrogen-bond acceptors (Lipinski definition) is 5. The Balaban J connectivity index is 1.84. The molecule has 0 bridgehead atoms. The maximum Gasteiger partial charge on any atom is 0.239 e. The lowest BCUT2D eigenvalue weighted by atomic mass is 9.90. The molecule has 1 saturated heterocycles. The predicted molar refractivity (Wildman–Crippen MR) is 130 cm³/mol. The van der Waals surface area contributed by atoms with Gasteiger partial charge in [0.05, 0.1) is 12.1 Å². The zero-order chi connectivity index (χ0) is 23.2. The summed E-state index contributed by atoms with van der Waals surface area (Å²) in [6, 6.07) is -0.192. The molecule has 0 aromatic carbocycles. The normalized spacial score (nSPS) is 22.4. The van der Waals surface area contributed by atoms with Gasteiger partial charge in [0.2, 0.25) is 5.91 Å². The first-order valence-corrected chi connectivity index (χ1v) is 12.8. The molecule has 8 heteroatoms. The van der Waals surface area contributed by atoms with Crippen LogP contribution in [0.4, 0.5) is 0 Å². The highest BCUT2D eigenvalue weighted by molar-refractivity contribution is 5.82. The summed E-state index contributed by atoms with van der Waals surface area (Å²) in [5.41, 5.74) is 10.7. The Morgan fingerprint density at radius 3 is 2.41 bits per heavy atom. The van der Waals surface area contributed by atoms with Crippen molar-refractivity contribution in [2.75, 3.05) is 26.7 Å². The van der Waals surface area contributed by atoms with E-state index in [4.69, 9.17) is 11.5 Å². The first-order valence-electron chi connectivity index (χ1n) is 12.8. The van der Waals surface area contributed by atoms with Gasteiger partial charge in [-0.15, -0.1) is 0 Å². The van der Waals surface area contributed by atoms with E-state index in [9.17, 15) is 9.59 Å². The van der Waals surface area contributed by atoms with Gasteiger partial charge in [-0.3, -0.25) is 9.79 Å². The second-order valence-electron chi connectivity index (χ2n) is 9.57. The van der Waals surface area contributed by atoms with Crippen LogP contribution in [0.25, 0.3) is 0 Å².